The molecule has 1 aliphatic heterocycles. The third kappa shape index (κ3) is 3.46. The number of oxazole rings is 1. The van der Waals surface area contributed by atoms with Gasteiger partial charge in [-0.15, -0.1) is 6.42 Å². The average Bonchev–Trinajstić information content (AvgIpc) is 3.30. The molecule has 0 radical (unpaired) electrons. The number of aromatic nitrogens is 3. The first-order chi connectivity index (χ1) is 13.5. The zero-order valence-electron chi connectivity index (χ0n) is 16.0. The van der Waals surface area contributed by atoms with Crippen LogP contribution in [0.5, 0.6) is 0 Å². The number of hydrogen-bond acceptors (Lipinski definition) is 5. The Hall–Kier alpha value is -3.27. The normalized spacial score (nSPS) is 19.5. The van der Waals surface area contributed by atoms with Crippen molar-refractivity contribution in [2.45, 2.75) is 32.7 Å². The molecule has 0 unspecified atom stereocenters. The van der Waals surface area contributed by atoms with Crippen molar-refractivity contribution >= 4 is 22.6 Å². The lowest BCUT2D eigenvalue weighted by Gasteiger charge is -2.37. The Labute approximate surface area is 163 Å². The van der Waals surface area contributed by atoms with Gasteiger partial charge in [0.15, 0.2) is 0 Å². The minimum atomic E-state index is 0.00548. The molecule has 4 heterocycles. The Bertz CT molecular complexity index is 1040. The number of carbonyl (C=O) groups is 1. The van der Waals surface area contributed by atoms with E-state index in [0.717, 1.165) is 40.9 Å². The van der Waals surface area contributed by atoms with Crippen molar-refractivity contribution in [3.63, 3.8) is 0 Å². The Balaban J connectivity index is 1.67. The van der Waals surface area contributed by atoms with Gasteiger partial charge in [-0.3, -0.25) is 4.79 Å². The molecule has 2 atom stereocenters. The summed E-state index contributed by atoms with van der Waals surface area (Å²) in [4.78, 5) is 26.3. The van der Waals surface area contributed by atoms with Gasteiger partial charge in [0.05, 0.1) is 23.4 Å². The zero-order chi connectivity index (χ0) is 19.7. The van der Waals surface area contributed by atoms with Crippen LogP contribution in [0.2, 0.25) is 0 Å². The van der Waals surface area contributed by atoms with Crippen molar-refractivity contribution in [2.24, 2.45) is 5.92 Å². The van der Waals surface area contributed by atoms with Crippen LogP contribution in [0.1, 0.15) is 25.5 Å². The summed E-state index contributed by atoms with van der Waals surface area (Å²) in [6.45, 7) is 5.39. The molecule has 4 rings (SSSR count). The molecular formula is C21H23N5O2. The van der Waals surface area contributed by atoms with Crippen molar-refractivity contribution in [1.82, 2.24) is 19.9 Å². The minimum Gasteiger partial charge on any atom is -0.444 e. The largest absolute Gasteiger partial charge is 0.444 e. The quantitative estimate of drug-likeness (QED) is 0.682. The third-order valence-corrected chi connectivity index (χ3v) is 5.05. The van der Waals surface area contributed by atoms with Gasteiger partial charge < -0.3 is 19.6 Å². The van der Waals surface area contributed by atoms with Crippen molar-refractivity contribution in [3.8, 4) is 23.8 Å². The lowest BCUT2D eigenvalue weighted by Crippen LogP contribution is -2.48. The number of amides is 1. The van der Waals surface area contributed by atoms with E-state index in [1.165, 1.54) is 0 Å². The maximum absolute atomic E-state index is 12.3. The highest BCUT2D eigenvalue weighted by Crippen LogP contribution is 2.34. The molecule has 144 valence electrons. The molecule has 7 nitrogen and oxygen atoms in total. The van der Waals surface area contributed by atoms with Crippen molar-refractivity contribution in [3.05, 3.63) is 30.4 Å². The molecule has 7 heteroatoms. The maximum Gasteiger partial charge on any atom is 0.234 e. The van der Waals surface area contributed by atoms with E-state index in [0.29, 0.717) is 18.4 Å². The highest BCUT2D eigenvalue weighted by molar-refractivity contribution is 5.97. The van der Waals surface area contributed by atoms with E-state index in [1.807, 2.05) is 24.1 Å². The van der Waals surface area contributed by atoms with Crippen LogP contribution < -0.4 is 5.32 Å². The molecule has 0 saturated carbocycles. The van der Waals surface area contributed by atoms with Crippen LogP contribution in [-0.4, -0.2) is 44.9 Å². The van der Waals surface area contributed by atoms with Gasteiger partial charge in [0, 0.05) is 36.9 Å². The minimum absolute atomic E-state index is 0.00548. The second-order valence-electron chi connectivity index (χ2n) is 7.44. The fourth-order valence-corrected chi connectivity index (χ4v) is 3.87. The molecule has 1 aliphatic rings. The number of carbonyl (C=O) groups excluding carboxylic acids is 1. The standard InChI is InChI=1S/C21H23N5O2/c1-4-5-18(27)26-10-13(2)8-15(11-26)25-19-16-6-7-22-20(16)23-9-17(19)21-24-14(3)12-28-21/h1,6-7,9,12-13,15H,5,8,10-11H2,2-3H3,(H2,22,23,25)/t13-,15+/m0/s1. The summed E-state index contributed by atoms with van der Waals surface area (Å²) in [6.07, 6.45) is 11.7. The van der Waals surface area contributed by atoms with Crippen LogP contribution in [0.4, 0.5) is 5.69 Å². The van der Waals surface area contributed by atoms with Crippen LogP contribution in [-0.2, 0) is 4.79 Å². The highest BCUT2D eigenvalue weighted by atomic mass is 16.3. The highest BCUT2D eigenvalue weighted by Gasteiger charge is 2.29. The molecule has 28 heavy (non-hydrogen) atoms. The number of anilines is 1. The Morgan fingerprint density at radius 3 is 3.11 bits per heavy atom. The molecule has 1 fully saturated rings. The van der Waals surface area contributed by atoms with Crippen LogP contribution in [0, 0.1) is 25.2 Å². The van der Waals surface area contributed by atoms with Crippen LogP contribution in [0.3, 0.4) is 0 Å². The van der Waals surface area contributed by atoms with E-state index in [1.54, 1.807) is 12.5 Å². The summed E-state index contributed by atoms with van der Waals surface area (Å²) in [6, 6.07) is 2.08. The van der Waals surface area contributed by atoms with Gasteiger partial charge in [0.1, 0.15) is 11.9 Å². The third-order valence-electron chi connectivity index (χ3n) is 5.05. The number of fused-ring (bicyclic) bond motifs is 1. The number of terminal acetylenes is 1. The number of H-pyrrole nitrogens is 1. The second kappa shape index (κ2) is 7.39. The molecule has 2 N–H and O–H groups in total. The Morgan fingerprint density at radius 1 is 1.50 bits per heavy atom. The fraction of sp³-hybridized carbons (Fsp3) is 0.381. The lowest BCUT2D eigenvalue weighted by atomic mass is 9.95. The molecule has 3 aromatic heterocycles. The number of likely N-dealkylation sites (tertiary alicyclic amines) is 1. The molecule has 0 aliphatic carbocycles. The molecule has 0 spiro atoms. The number of hydrogen-bond donors (Lipinski definition) is 2. The number of nitrogens with one attached hydrogen (secondary N) is 2. The van der Waals surface area contributed by atoms with Gasteiger partial charge in [-0.25, -0.2) is 9.97 Å². The van der Waals surface area contributed by atoms with Gasteiger partial charge in [0.25, 0.3) is 0 Å². The van der Waals surface area contributed by atoms with Crippen LogP contribution >= 0.6 is 0 Å². The molecule has 1 amide bonds. The first kappa shape index (κ1) is 18.1. The van der Waals surface area contributed by atoms with Crippen molar-refractivity contribution in [1.29, 1.82) is 0 Å². The number of rotatable bonds is 4. The van der Waals surface area contributed by atoms with Gasteiger partial charge in [-0.05, 0) is 25.3 Å². The van der Waals surface area contributed by atoms with E-state index in [2.05, 4.69) is 33.1 Å². The maximum atomic E-state index is 12.3. The van der Waals surface area contributed by atoms with Crippen molar-refractivity contribution in [2.75, 3.05) is 18.4 Å². The monoisotopic (exact) mass is 377 g/mol. The van der Waals surface area contributed by atoms with E-state index < -0.39 is 0 Å². The first-order valence-corrected chi connectivity index (χ1v) is 9.41. The van der Waals surface area contributed by atoms with Gasteiger partial charge in [-0.1, -0.05) is 12.8 Å². The van der Waals surface area contributed by atoms with Gasteiger partial charge in [-0.2, -0.15) is 0 Å². The number of pyridine rings is 1. The van der Waals surface area contributed by atoms with Crippen molar-refractivity contribution < 1.29 is 9.21 Å². The van der Waals surface area contributed by atoms with Gasteiger partial charge >= 0.3 is 0 Å². The summed E-state index contributed by atoms with van der Waals surface area (Å²) in [5.41, 5.74) is 3.32. The first-order valence-electron chi connectivity index (χ1n) is 9.41. The number of nitrogens with zero attached hydrogens (tertiary/aromatic N) is 3. The number of aromatic amines is 1. The SMILES string of the molecule is C#CCC(=O)N1C[C@@H](C)C[C@@H](Nc2c(-c3nc(C)co3)cnc3[nH]ccc23)C1. The number of aryl methyl sites for hydroxylation is 1. The molecule has 1 saturated heterocycles. The summed E-state index contributed by atoms with van der Waals surface area (Å²) in [7, 11) is 0. The van der Waals surface area contributed by atoms with Crippen LogP contribution in [0.15, 0.2) is 29.1 Å². The van der Waals surface area contributed by atoms with Gasteiger partial charge in [0.2, 0.25) is 11.8 Å². The predicted molar refractivity (Wildman–Crippen MR) is 108 cm³/mol. The Kier molecular flexibility index (Phi) is 4.78. The molecule has 0 aromatic carbocycles. The predicted octanol–water partition coefficient (Wildman–Crippen LogP) is 3.20. The van der Waals surface area contributed by atoms with E-state index in [9.17, 15) is 4.79 Å². The summed E-state index contributed by atoms with van der Waals surface area (Å²) >= 11 is 0. The summed E-state index contributed by atoms with van der Waals surface area (Å²) in [5, 5.41) is 4.60. The molecular weight excluding hydrogens is 354 g/mol. The van der Waals surface area contributed by atoms with E-state index in [4.69, 9.17) is 10.8 Å². The average molecular weight is 377 g/mol. The Morgan fingerprint density at radius 2 is 2.36 bits per heavy atom. The molecule has 3 aromatic rings. The topological polar surface area (TPSA) is 87.1 Å². The smallest absolute Gasteiger partial charge is 0.234 e. The summed E-state index contributed by atoms with van der Waals surface area (Å²) in [5.74, 6) is 3.36. The zero-order valence-corrected chi connectivity index (χ0v) is 16.0. The fourth-order valence-electron chi connectivity index (χ4n) is 3.87. The lowest BCUT2D eigenvalue weighted by molar-refractivity contribution is -0.131. The summed E-state index contributed by atoms with van der Waals surface area (Å²) < 4.78 is 5.63. The van der Waals surface area contributed by atoms with E-state index >= 15 is 0 Å². The molecule has 0 bridgehead atoms. The number of piperidine rings is 1. The van der Waals surface area contributed by atoms with Crippen LogP contribution in [0.25, 0.3) is 22.5 Å². The van der Waals surface area contributed by atoms with E-state index in [-0.39, 0.29) is 18.4 Å². The second-order valence-corrected chi connectivity index (χ2v) is 7.44.